The third-order valence-electron chi connectivity index (χ3n) is 4.74. The lowest BCUT2D eigenvalue weighted by Crippen LogP contribution is -2.15. The van der Waals surface area contributed by atoms with Gasteiger partial charge in [0.25, 0.3) is 0 Å². The number of benzene rings is 2. The summed E-state index contributed by atoms with van der Waals surface area (Å²) in [7, 11) is 0. The number of aryl methyl sites for hydroxylation is 2. The van der Waals surface area contributed by atoms with E-state index in [4.69, 9.17) is 0 Å². The Balaban J connectivity index is 1.83. The molecule has 0 atom stereocenters. The van der Waals surface area contributed by atoms with Crippen LogP contribution in [0.15, 0.2) is 42.5 Å². The highest BCUT2D eigenvalue weighted by atomic mass is 16.1. The fourth-order valence-corrected chi connectivity index (χ4v) is 3.02. The SMILES string of the molecule is Cc1ccc(CC(=O)c2ccccc2C2CCC2)cc1C. The van der Waals surface area contributed by atoms with E-state index in [1.165, 1.54) is 36.0 Å². The van der Waals surface area contributed by atoms with Crippen molar-refractivity contribution in [1.29, 1.82) is 0 Å². The third kappa shape index (κ3) is 2.92. The van der Waals surface area contributed by atoms with E-state index >= 15 is 0 Å². The van der Waals surface area contributed by atoms with E-state index in [1.807, 2.05) is 12.1 Å². The Morgan fingerprint density at radius 3 is 2.48 bits per heavy atom. The van der Waals surface area contributed by atoms with Crippen LogP contribution in [0.4, 0.5) is 0 Å². The molecule has 0 spiro atoms. The lowest BCUT2D eigenvalue weighted by molar-refractivity contribution is 0.0991. The zero-order valence-electron chi connectivity index (χ0n) is 12.9. The molecule has 2 aromatic rings. The highest BCUT2D eigenvalue weighted by Crippen LogP contribution is 2.38. The second-order valence-corrected chi connectivity index (χ2v) is 6.23. The maximum Gasteiger partial charge on any atom is 0.167 e. The molecule has 0 saturated heterocycles. The van der Waals surface area contributed by atoms with Crippen LogP contribution in [0.3, 0.4) is 0 Å². The molecular weight excluding hydrogens is 256 g/mol. The van der Waals surface area contributed by atoms with Crippen LogP contribution < -0.4 is 0 Å². The Kier molecular flexibility index (Phi) is 3.92. The van der Waals surface area contributed by atoms with E-state index in [9.17, 15) is 4.79 Å². The van der Waals surface area contributed by atoms with Crippen LogP contribution in [0.5, 0.6) is 0 Å². The molecule has 1 nitrogen and oxygen atoms in total. The zero-order chi connectivity index (χ0) is 14.8. The fourth-order valence-electron chi connectivity index (χ4n) is 3.02. The van der Waals surface area contributed by atoms with Gasteiger partial charge in [0.1, 0.15) is 0 Å². The first kappa shape index (κ1) is 14.1. The molecule has 21 heavy (non-hydrogen) atoms. The normalized spacial score (nSPS) is 14.8. The van der Waals surface area contributed by atoms with E-state index in [0.29, 0.717) is 12.3 Å². The topological polar surface area (TPSA) is 17.1 Å². The summed E-state index contributed by atoms with van der Waals surface area (Å²) in [6.45, 7) is 4.21. The minimum Gasteiger partial charge on any atom is -0.294 e. The number of Topliss-reactive ketones (excluding diaryl/α,β-unsaturated/α-hetero) is 1. The predicted molar refractivity (Wildman–Crippen MR) is 87.0 cm³/mol. The maximum atomic E-state index is 12.7. The van der Waals surface area contributed by atoms with E-state index in [2.05, 4.69) is 44.2 Å². The molecule has 0 aliphatic heterocycles. The van der Waals surface area contributed by atoms with Gasteiger partial charge in [0.05, 0.1) is 0 Å². The van der Waals surface area contributed by atoms with Gasteiger partial charge in [-0.05, 0) is 54.9 Å². The van der Waals surface area contributed by atoms with Crippen molar-refractivity contribution in [2.75, 3.05) is 0 Å². The molecule has 3 rings (SSSR count). The van der Waals surface area contributed by atoms with Gasteiger partial charge >= 0.3 is 0 Å². The van der Waals surface area contributed by atoms with E-state index in [-0.39, 0.29) is 5.78 Å². The van der Waals surface area contributed by atoms with Gasteiger partial charge < -0.3 is 0 Å². The summed E-state index contributed by atoms with van der Waals surface area (Å²) in [4.78, 5) is 12.7. The highest BCUT2D eigenvalue weighted by molar-refractivity contribution is 5.99. The van der Waals surface area contributed by atoms with Crippen molar-refractivity contribution in [2.24, 2.45) is 0 Å². The van der Waals surface area contributed by atoms with E-state index in [1.54, 1.807) is 0 Å². The molecule has 1 heteroatoms. The molecular formula is C20H22O. The molecule has 1 saturated carbocycles. The number of carbonyl (C=O) groups excluding carboxylic acids is 1. The molecule has 0 unspecified atom stereocenters. The average molecular weight is 278 g/mol. The fraction of sp³-hybridized carbons (Fsp3) is 0.350. The van der Waals surface area contributed by atoms with Crippen molar-refractivity contribution in [3.63, 3.8) is 0 Å². The van der Waals surface area contributed by atoms with Crippen LogP contribution in [-0.2, 0) is 6.42 Å². The van der Waals surface area contributed by atoms with Gasteiger partial charge in [-0.15, -0.1) is 0 Å². The zero-order valence-corrected chi connectivity index (χ0v) is 12.9. The van der Waals surface area contributed by atoms with Crippen molar-refractivity contribution >= 4 is 5.78 Å². The second-order valence-electron chi connectivity index (χ2n) is 6.23. The first-order chi connectivity index (χ1) is 10.1. The Morgan fingerprint density at radius 1 is 1.05 bits per heavy atom. The second kappa shape index (κ2) is 5.85. The summed E-state index contributed by atoms with van der Waals surface area (Å²) in [5.74, 6) is 0.852. The Labute approximate surface area is 127 Å². The van der Waals surface area contributed by atoms with Gasteiger partial charge in [-0.3, -0.25) is 4.79 Å². The van der Waals surface area contributed by atoms with Gasteiger partial charge in [0.2, 0.25) is 0 Å². The minimum absolute atomic E-state index is 0.251. The molecule has 0 amide bonds. The third-order valence-corrected chi connectivity index (χ3v) is 4.74. The predicted octanol–water partition coefficient (Wildman–Crippen LogP) is 5.00. The molecule has 0 N–H and O–H groups in total. The van der Waals surface area contributed by atoms with E-state index < -0.39 is 0 Å². The monoisotopic (exact) mass is 278 g/mol. The molecule has 1 aliphatic rings. The van der Waals surface area contributed by atoms with Crippen molar-refractivity contribution in [2.45, 2.75) is 45.4 Å². The number of hydrogen-bond acceptors (Lipinski definition) is 1. The van der Waals surface area contributed by atoms with Crippen LogP contribution in [0.1, 0.15) is 57.8 Å². The molecule has 2 aromatic carbocycles. The smallest absolute Gasteiger partial charge is 0.167 e. The Morgan fingerprint density at radius 2 is 1.81 bits per heavy atom. The minimum atomic E-state index is 0.251. The van der Waals surface area contributed by atoms with Crippen molar-refractivity contribution < 1.29 is 4.79 Å². The Hall–Kier alpha value is -1.89. The van der Waals surface area contributed by atoms with Crippen LogP contribution in [0, 0.1) is 13.8 Å². The van der Waals surface area contributed by atoms with Crippen molar-refractivity contribution in [3.8, 4) is 0 Å². The molecule has 0 aromatic heterocycles. The van der Waals surface area contributed by atoms with Gasteiger partial charge in [-0.2, -0.15) is 0 Å². The number of ketones is 1. The molecule has 0 heterocycles. The summed E-state index contributed by atoms with van der Waals surface area (Å²) in [6, 6.07) is 14.5. The van der Waals surface area contributed by atoms with Gasteiger partial charge in [0, 0.05) is 12.0 Å². The Bertz CT molecular complexity index is 665. The lowest BCUT2D eigenvalue weighted by Gasteiger charge is -2.27. The maximum absolute atomic E-state index is 12.7. The van der Waals surface area contributed by atoms with Crippen molar-refractivity contribution in [1.82, 2.24) is 0 Å². The summed E-state index contributed by atoms with van der Waals surface area (Å²) < 4.78 is 0. The summed E-state index contributed by atoms with van der Waals surface area (Å²) in [5.41, 5.74) is 5.85. The van der Waals surface area contributed by atoms with Crippen LogP contribution in [0.2, 0.25) is 0 Å². The highest BCUT2D eigenvalue weighted by Gasteiger charge is 2.24. The first-order valence-electron chi connectivity index (χ1n) is 7.83. The first-order valence-corrected chi connectivity index (χ1v) is 7.83. The molecule has 0 bridgehead atoms. The summed E-state index contributed by atoms with van der Waals surface area (Å²) >= 11 is 0. The van der Waals surface area contributed by atoms with Crippen LogP contribution in [0.25, 0.3) is 0 Å². The molecule has 108 valence electrons. The van der Waals surface area contributed by atoms with Gasteiger partial charge in [0.15, 0.2) is 5.78 Å². The van der Waals surface area contributed by atoms with Gasteiger partial charge in [-0.1, -0.05) is 48.9 Å². The molecule has 1 aliphatic carbocycles. The van der Waals surface area contributed by atoms with Crippen molar-refractivity contribution in [3.05, 3.63) is 70.3 Å². The van der Waals surface area contributed by atoms with E-state index in [0.717, 1.165) is 11.1 Å². The molecule has 0 radical (unpaired) electrons. The summed E-state index contributed by atoms with van der Waals surface area (Å²) in [5, 5.41) is 0. The summed E-state index contributed by atoms with van der Waals surface area (Å²) in [6.07, 6.45) is 4.26. The number of rotatable bonds is 4. The quantitative estimate of drug-likeness (QED) is 0.719. The number of hydrogen-bond donors (Lipinski definition) is 0. The molecule has 1 fully saturated rings. The van der Waals surface area contributed by atoms with Crippen LogP contribution >= 0.6 is 0 Å². The number of carbonyl (C=O) groups is 1. The average Bonchev–Trinajstić information content (AvgIpc) is 2.42. The largest absolute Gasteiger partial charge is 0.294 e. The van der Waals surface area contributed by atoms with Gasteiger partial charge in [-0.25, -0.2) is 0 Å². The van der Waals surface area contributed by atoms with Crippen LogP contribution in [-0.4, -0.2) is 5.78 Å². The lowest BCUT2D eigenvalue weighted by atomic mass is 9.77. The standard InChI is InChI=1S/C20H22O/c1-14-10-11-16(12-15(14)2)13-20(21)19-9-4-3-8-18(19)17-6-5-7-17/h3-4,8-12,17H,5-7,13H2,1-2H3.